The lowest BCUT2D eigenvalue weighted by Crippen LogP contribution is -2.13. The van der Waals surface area contributed by atoms with Crippen LogP contribution < -0.4 is 5.73 Å². The summed E-state index contributed by atoms with van der Waals surface area (Å²) in [5.74, 6) is 0.0605. The Hall–Kier alpha value is -2.24. The van der Waals surface area contributed by atoms with Crippen LogP contribution in [0.15, 0.2) is 64.8 Å². The molecule has 0 saturated heterocycles. The van der Waals surface area contributed by atoms with E-state index >= 15 is 0 Å². The molecular weight excluding hydrogens is 366 g/mol. The molecule has 6 heteroatoms. The fourth-order valence-corrected chi connectivity index (χ4v) is 4.20. The normalized spacial score (nSPS) is 18.7. The van der Waals surface area contributed by atoms with E-state index in [1.807, 2.05) is 42.2 Å². The summed E-state index contributed by atoms with van der Waals surface area (Å²) in [6.45, 7) is 0. The third-order valence-corrected chi connectivity index (χ3v) is 6.11. The predicted molar refractivity (Wildman–Crippen MR) is 104 cm³/mol. The van der Waals surface area contributed by atoms with E-state index in [2.05, 4.69) is 29.2 Å². The van der Waals surface area contributed by atoms with E-state index in [9.17, 15) is 4.79 Å². The molecule has 1 aromatic heterocycles. The van der Waals surface area contributed by atoms with Crippen molar-refractivity contribution in [1.82, 2.24) is 9.55 Å². The van der Waals surface area contributed by atoms with Gasteiger partial charge in [-0.15, -0.1) is 0 Å². The largest absolute Gasteiger partial charge is 0.369 e. The standard InChI is InChI=1S/C20H18ClN3OS/c1-24-11-23-18(20(24)26-15-8-6-14(21)7-9-15)13-4-2-12(3-5-13)16-10-17(16)19(22)25/h2-9,11,16-17H,10H2,1H3,(H2,22,25)/t16-,17+/m1/s1. The Morgan fingerprint density at radius 3 is 2.50 bits per heavy atom. The van der Waals surface area contributed by atoms with Crippen molar-refractivity contribution in [3.63, 3.8) is 0 Å². The van der Waals surface area contributed by atoms with Gasteiger partial charge >= 0.3 is 0 Å². The van der Waals surface area contributed by atoms with Gasteiger partial charge in [0.15, 0.2) is 0 Å². The maximum atomic E-state index is 11.3. The molecule has 1 aliphatic rings. The second kappa shape index (κ2) is 6.82. The van der Waals surface area contributed by atoms with Gasteiger partial charge in [0.2, 0.25) is 5.91 Å². The van der Waals surface area contributed by atoms with Crippen molar-refractivity contribution in [2.45, 2.75) is 22.3 Å². The Labute approximate surface area is 161 Å². The van der Waals surface area contributed by atoms with Gasteiger partial charge in [-0.1, -0.05) is 47.6 Å². The van der Waals surface area contributed by atoms with Crippen molar-refractivity contribution < 1.29 is 4.79 Å². The number of aromatic nitrogens is 2. The fourth-order valence-electron chi connectivity index (χ4n) is 3.12. The third kappa shape index (κ3) is 3.37. The van der Waals surface area contributed by atoms with Gasteiger partial charge < -0.3 is 10.3 Å². The zero-order valence-electron chi connectivity index (χ0n) is 14.2. The van der Waals surface area contributed by atoms with Gasteiger partial charge in [-0.25, -0.2) is 4.98 Å². The van der Waals surface area contributed by atoms with Crippen molar-refractivity contribution in [2.24, 2.45) is 18.7 Å². The molecule has 2 aromatic carbocycles. The third-order valence-electron chi connectivity index (χ3n) is 4.68. The number of halogens is 1. The number of rotatable bonds is 5. The van der Waals surface area contributed by atoms with E-state index in [-0.39, 0.29) is 17.7 Å². The molecule has 26 heavy (non-hydrogen) atoms. The van der Waals surface area contributed by atoms with Crippen molar-refractivity contribution in [1.29, 1.82) is 0 Å². The van der Waals surface area contributed by atoms with Crippen LogP contribution in [0.25, 0.3) is 11.3 Å². The maximum Gasteiger partial charge on any atom is 0.221 e. The molecule has 4 nitrogen and oxygen atoms in total. The Bertz CT molecular complexity index is 950. The molecule has 2 atom stereocenters. The van der Waals surface area contributed by atoms with Crippen molar-refractivity contribution in [3.05, 3.63) is 65.4 Å². The zero-order chi connectivity index (χ0) is 18.3. The van der Waals surface area contributed by atoms with Gasteiger partial charge in [0.05, 0.1) is 6.33 Å². The molecule has 0 bridgehead atoms. The fraction of sp³-hybridized carbons (Fsp3) is 0.200. The molecule has 1 heterocycles. The highest BCUT2D eigenvalue weighted by Gasteiger charge is 2.42. The Morgan fingerprint density at radius 2 is 1.88 bits per heavy atom. The first-order valence-electron chi connectivity index (χ1n) is 8.37. The highest BCUT2D eigenvalue weighted by Crippen LogP contribution is 2.47. The number of hydrogen-bond acceptors (Lipinski definition) is 3. The molecule has 0 unspecified atom stereocenters. The number of hydrogen-bond donors (Lipinski definition) is 1. The quantitative estimate of drug-likeness (QED) is 0.706. The van der Waals surface area contributed by atoms with E-state index in [1.165, 1.54) is 5.56 Å². The van der Waals surface area contributed by atoms with Gasteiger partial charge in [-0.3, -0.25) is 4.79 Å². The zero-order valence-corrected chi connectivity index (χ0v) is 15.8. The van der Waals surface area contributed by atoms with Crippen molar-refractivity contribution >= 4 is 29.3 Å². The smallest absolute Gasteiger partial charge is 0.221 e. The van der Waals surface area contributed by atoms with Crippen molar-refractivity contribution in [2.75, 3.05) is 0 Å². The summed E-state index contributed by atoms with van der Waals surface area (Å²) in [7, 11) is 1.99. The van der Waals surface area contributed by atoms with Gasteiger partial charge in [-0.2, -0.15) is 0 Å². The first-order valence-corrected chi connectivity index (χ1v) is 9.57. The summed E-state index contributed by atoms with van der Waals surface area (Å²) in [4.78, 5) is 17.0. The average Bonchev–Trinajstić information content (AvgIpc) is 3.37. The van der Waals surface area contributed by atoms with Crippen LogP contribution in [0.2, 0.25) is 5.02 Å². The second-order valence-corrected chi connectivity index (χ2v) is 8.04. The van der Waals surface area contributed by atoms with E-state index in [0.717, 1.165) is 32.6 Å². The molecular formula is C20H18ClN3OS. The number of nitrogens with two attached hydrogens (primary N) is 1. The minimum atomic E-state index is -0.203. The van der Waals surface area contributed by atoms with Crippen molar-refractivity contribution in [3.8, 4) is 11.3 Å². The number of carbonyl (C=O) groups excluding carboxylic acids is 1. The Balaban J connectivity index is 1.58. The molecule has 1 saturated carbocycles. The highest BCUT2D eigenvalue weighted by molar-refractivity contribution is 7.99. The Kier molecular flexibility index (Phi) is 4.51. The highest BCUT2D eigenvalue weighted by atomic mass is 35.5. The summed E-state index contributed by atoms with van der Waals surface area (Å²) in [5.41, 5.74) is 8.56. The second-order valence-electron chi connectivity index (χ2n) is 6.54. The van der Waals surface area contributed by atoms with Crippen LogP contribution >= 0.6 is 23.4 Å². The number of benzene rings is 2. The summed E-state index contributed by atoms with van der Waals surface area (Å²) in [6.07, 6.45) is 2.68. The minimum Gasteiger partial charge on any atom is -0.369 e. The minimum absolute atomic E-state index is 0.00767. The van der Waals surface area contributed by atoms with Crippen LogP contribution in [0.4, 0.5) is 0 Å². The number of carbonyl (C=O) groups is 1. The van der Waals surface area contributed by atoms with E-state index in [1.54, 1.807) is 11.8 Å². The molecule has 0 radical (unpaired) electrons. The first kappa shape index (κ1) is 17.2. The van der Waals surface area contributed by atoms with Gasteiger partial charge in [0, 0.05) is 28.4 Å². The van der Waals surface area contributed by atoms with Crippen LogP contribution in [0.1, 0.15) is 17.9 Å². The van der Waals surface area contributed by atoms with E-state index in [0.29, 0.717) is 0 Å². The van der Waals surface area contributed by atoms with Crippen LogP contribution in [-0.4, -0.2) is 15.5 Å². The van der Waals surface area contributed by atoms with E-state index in [4.69, 9.17) is 17.3 Å². The molecule has 0 aliphatic heterocycles. The average molecular weight is 384 g/mol. The first-order chi connectivity index (χ1) is 12.5. The monoisotopic (exact) mass is 383 g/mol. The molecule has 1 aliphatic carbocycles. The summed E-state index contributed by atoms with van der Waals surface area (Å²) >= 11 is 7.63. The SMILES string of the molecule is Cn1cnc(-c2ccc([C@H]3C[C@@H]3C(N)=O)cc2)c1Sc1ccc(Cl)cc1. The predicted octanol–water partition coefficient (Wildman–Crippen LogP) is 4.48. The number of imidazole rings is 1. The molecule has 0 spiro atoms. The van der Waals surface area contributed by atoms with Crippen LogP contribution in [0, 0.1) is 5.92 Å². The number of nitrogens with zero attached hydrogens (tertiary/aromatic N) is 2. The summed E-state index contributed by atoms with van der Waals surface area (Å²) in [5, 5.41) is 1.80. The van der Waals surface area contributed by atoms with Gasteiger partial charge in [0.1, 0.15) is 10.7 Å². The number of aryl methyl sites for hydroxylation is 1. The number of amides is 1. The lowest BCUT2D eigenvalue weighted by atomic mass is 10.1. The molecule has 4 rings (SSSR count). The Morgan fingerprint density at radius 1 is 1.19 bits per heavy atom. The molecule has 1 fully saturated rings. The molecule has 3 aromatic rings. The summed E-state index contributed by atoms with van der Waals surface area (Å²) in [6, 6.07) is 16.1. The molecule has 1 amide bonds. The van der Waals surface area contributed by atoms with Crippen LogP contribution in [0.3, 0.4) is 0 Å². The van der Waals surface area contributed by atoms with Crippen LogP contribution in [-0.2, 0) is 11.8 Å². The van der Waals surface area contributed by atoms with E-state index < -0.39 is 0 Å². The lowest BCUT2D eigenvalue weighted by Gasteiger charge is -2.07. The summed E-state index contributed by atoms with van der Waals surface area (Å²) < 4.78 is 2.02. The van der Waals surface area contributed by atoms with Gasteiger partial charge in [-0.05, 0) is 42.2 Å². The molecule has 132 valence electrons. The number of primary amides is 1. The maximum absolute atomic E-state index is 11.3. The lowest BCUT2D eigenvalue weighted by molar-refractivity contribution is -0.119. The molecule has 2 N–H and O–H groups in total. The van der Waals surface area contributed by atoms with Gasteiger partial charge in [0.25, 0.3) is 0 Å². The topological polar surface area (TPSA) is 60.9 Å². The van der Waals surface area contributed by atoms with Crippen LogP contribution in [0.5, 0.6) is 0 Å².